The third-order valence-corrected chi connectivity index (χ3v) is 6.47. The molecule has 4 aromatic rings. The molecule has 168 valence electrons. The van der Waals surface area contributed by atoms with E-state index in [-0.39, 0.29) is 17.6 Å². The Kier molecular flexibility index (Phi) is 4.90. The first-order valence-corrected chi connectivity index (χ1v) is 11.3. The summed E-state index contributed by atoms with van der Waals surface area (Å²) < 4.78 is 36.4. The molecule has 0 radical (unpaired) electrons. The Morgan fingerprint density at radius 2 is 1.94 bits per heavy atom. The summed E-state index contributed by atoms with van der Waals surface area (Å²) in [5.41, 5.74) is 4.43. The van der Waals surface area contributed by atoms with E-state index in [0.29, 0.717) is 29.4 Å². The van der Waals surface area contributed by atoms with Gasteiger partial charge in [0, 0.05) is 47.8 Å². The first-order valence-electron chi connectivity index (χ1n) is 11.3. The predicted octanol–water partition coefficient (Wildman–Crippen LogP) is 5.45. The van der Waals surface area contributed by atoms with Crippen molar-refractivity contribution in [2.45, 2.75) is 50.7 Å². The SMILES string of the molecule is Cc1cnc2c(-c3ccc(F)cc3F)nc(C3CCOC(c4cnn(C5CC5)c4)C3)cc2n1. The van der Waals surface area contributed by atoms with E-state index in [2.05, 4.69) is 21.3 Å². The van der Waals surface area contributed by atoms with Crippen LogP contribution in [0.3, 0.4) is 0 Å². The van der Waals surface area contributed by atoms with E-state index >= 15 is 0 Å². The van der Waals surface area contributed by atoms with Gasteiger partial charge in [0.25, 0.3) is 0 Å². The summed E-state index contributed by atoms with van der Waals surface area (Å²) in [4.78, 5) is 13.9. The van der Waals surface area contributed by atoms with Gasteiger partial charge < -0.3 is 4.74 Å². The van der Waals surface area contributed by atoms with Crippen molar-refractivity contribution in [3.8, 4) is 11.3 Å². The molecule has 0 N–H and O–H groups in total. The second kappa shape index (κ2) is 7.95. The fourth-order valence-corrected chi connectivity index (χ4v) is 4.57. The van der Waals surface area contributed by atoms with Gasteiger partial charge in [-0.1, -0.05) is 0 Å². The smallest absolute Gasteiger partial charge is 0.135 e. The van der Waals surface area contributed by atoms with Crippen LogP contribution in [0.4, 0.5) is 8.78 Å². The van der Waals surface area contributed by atoms with Crippen LogP contribution in [0.25, 0.3) is 22.3 Å². The Morgan fingerprint density at radius 1 is 1.06 bits per heavy atom. The lowest BCUT2D eigenvalue weighted by atomic mass is 9.89. The number of rotatable bonds is 4. The highest BCUT2D eigenvalue weighted by Crippen LogP contribution is 2.40. The molecule has 6 rings (SSSR count). The number of nitrogens with zero attached hydrogens (tertiary/aromatic N) is 5. The maximum atomic E-state index is 14.7. The molecular weight excluding hydrogens is 424 g/mol. The maximum absolute atomic E-state index is 14.7. The quantitative estimate of drug-likeness (QED) is 0.417. The molecule has 0 spiro atoms. The number of halogens is 2. The van der Waals surface area contributed by atoms with Crippen molar-refractivity contribution in [2.24, 2.45) is 0 Å². The van der Waals surface area contributed by atoms with E-state index in [0.717, 1.165) is 35.9 Å². The lowest BCUT2D eigenvalue weighted by molar-refractivity contribution is 0.00462. The fourth-order valence-electron chi connectivity index (χ4n) is 4.57. The summed E-state index contributed by atoms with van der Waals surface area (Å²) in [6.07, 6.45) is 9.47. The highest BCUT2D eigenvalue weighted by Gasteiger charge is 2.30. The minimum Gasteiger partial charge on any atom is -0.373 e. The van der Waals surface area contributed by atoms with Gasteiger partial charge in [-0.15, -0.1) is 0 Å². The van der Waals surface area contributed by atoms with Crippen molar-refractivity contribution >= 4 is 11.0 Å². The minimum absolute atomic E-state index is 0.0663. The van der Waals surface area contributed by atoms with Crippen LogP contribution >= 0.6 is 0 Å². The van der Waals surface area contributed by atoms with Crippen LogP contribution in [0.5, 0.6) is 0 Å². The van der Waals surface area contributed by atoms with Crippen LogP contribution in [0, 0.1) is 18.6 Å². The molecule has 3 aromatic heterocycles. The minimum atomic E-state index is -0.666. The normalized spacial score (nSPS) is 20.9. The van der Waals surface area contributed by atoms with Crippen molar-refractivity contribution < 1.29 is 13.5 Å². The largest absolute Gasteiger partial charge is 0.373 e. The monoisotopic (exact) mass is 447 g/mol. The van der Waals surface area contributed by atoms with Crippen molar-refractivity contribution in [1.29, 1.82) is 0 Å². The Balaban J connectivity index is 1.39. The first-order chi connectivity index (χ1) is 16.0. The molecule has 0 bridgehead atoms. The number of fused-ring (bicyclic) bond motifs is 1. The van der Waals surface area contributed by atoms with Crippen molar-refractivity contribution in [3.05, 3.63) is 71.4 Å². The summed E-state index contributed by atoms with van der Waals surface area (Å²) in [6.45, 7) is 2.47. The Morgan fingerprint density at radius 3 is 2.76 bits per heavy atom. The van der Waals surface area contributed by atoms with Gasteiger partial charge in [0.05, 0.1) is 29.6 Å². The molecule has 1 aliphatic carbocycles. The molecular formula is C25H23F2N5O. The average Bonchev–Trinajstić information content (AvgIpc) is 3.54. The molecule has 2 atom stereocenters. The maximum Gasteiger partial charge on any atom is 0.135 e. The third kappa shape index (κ3) is 3.88. The van der Waals surface area contributed by atoms with Gasteiger partial charge in [0.1, 0.15) is 22.8 Å². The number of aryl methyl sites for hydroxylation is 1. The predicted molar refractivity (Wildman–Crippen MR) is 119 cm³/mol. The zero-order valence-electron chi connectivity index (χ0n) is 18.2. The van der Waals surface area contributed by atoms with Crippen molar-refractivity contribution in [3.63, 3.8) is 0 Å². The summed E-state index contributed by atoms with van der Waals surface area (Å²) in [5.74, 6) is -1.18. The van der Waals surface area contributed by atoms with E-state index in [1.54, 1.807) is 6.20 Å². The van der Waals surface area contributed by atoms with E-state index in [4.69, 9.17) is 9.72 Å². The summed E-state index contributed by atoms with van der Waals surface area (Å²) in [6, 6.07) is 5.99. The number of pyridine rings is 1. The molecule has 0 amide bonds. The van der Waals surface area contributed by atoms with Crippen LogP contribution in [0.15, 0.2) is 42.9 Å². The molecule has 33 heavy (non-hydrogen) atoms. The van der Waals surface area contributed by atoms with Crippen LogP contribution in [-0.2, 0) is 4.74 Å². The van der Waals surface area contributed by atoms with E-state index in [1.165, 1.54) is 25.0 Å². The molecule has 8 heteroatoms. The number of hydrogen-bond acceptors (Lipinski definition) is 5. The fraction of sp³-hybridized carbons (Fsp3) is 0.360. The van der Waals surface area contributed by atoms with Crippen LogP contribution in [0.2, 0.25) is 0 Å². The lowest BCUT2D eigenvalue weighted by Gasteiger charge is -2.29. The zero-order valence-corrected chi connectivity index (χ0v) is 18.2. The second-order valence-electron chi connectivity index (χ2n) is 8.96. The van der Waals surface area contributed by atoms with Gasteiger partial charge in [0.15, 0.2) is 0 Å². The van der Waals surface area contributed by atoms with Crippen LogP contribution in [-0.4, -0.2) is 31.3 Å². The number of aromatic nitrogens is 5. The van der Waals surface area contributed by atoms with Gasteiger partial charge in [-0.3, -0.25) is 9.67 Å². The highest BCUT2D eigenvalue weighted by molar-refractivity contribution is 5.89. The summed E-state index contributed by atoms with van der Waals surface area (Å²) in [7, 11) is 0. The summed E-state index contributed by atoms with van der Waals surface area (Å²) in [5, 5.41) is 4.50. The molecule has 2 aliphatic rings. The Bertz CT molecular complexity index is 1350. The topological polar surface area (TPSA) is 65.7 Å². The van der Waals surface area contributed by atoms with Crippen LogP contribution in [0.1, 0.15) is 60.7 Å². The summed E-state index contributed by atoms with van der Waals surface area (Å²) >= 11 is 0. The molecule has 1 saturated heterocycles. The number of hydrogen-bond donors (Lipinski definition) is 0. The first kappa shape index (κ1) is 20.4. The van der Waals surface area contributed by atoms with Gasteiger partial charge in [-0.25, -0.2) is 18.7 Å². The molecule has 1 saturated carbocycles. The zero-order chi connectivity index (χ0) is 22.5. The number of ether oxygens (including phenoxy) is 1. The Labute approximate surface area is 189 Å². The van der Waals surface area contributed by atoms with Gasteiger partial charge in [-0.05, 0) is 50.8 Å². The van der Waals surface area contributed by atoms with Gasteiger partial charge in [-0.2, -0.15) is 5.10 Å². The van der Waals surface area contributed by atoms with E-state index < -0.39 is 11.6 Å². The van der Waals surface area contributed by atoms with Gasteiger partial charge in [0.2, 0.25) is 0 Å². The van der Waals surface area contributed by atoms with E-state index in [1.807, 2.05) is 23.9 Å². The van der Waals surface area contributed by atoms with Crippen molar-refractivity contribution in [2.75, 3.05) is 6.61 Å². The molecule has 2 fully saturated rings. The van der Waals surface area contributed by atoms with E-state index in [9.17, 15) is 8.78 Å². The molecule has 1 aliphatic heterocycles. The Hall–Kier alpha value is -3.26. The lowest BCUT2D eigenvalue weighted by Crippen LogP contribution is -2.19. The highest BCUT2D eigenvalue weighted by atomic mass is 19.1. The van der Waals surface area contributed by atoms with Crippen LogP contribution < -0.4 is 0 Å². The average molecular weight is 447 g/mol. The molecule has 1 aromatic carbocycles. The molecule has 2 unspecified atom stereocenters. The van der Waals surface area contributed by atoms with Gasteiger partial charge >= 0.3 is 0 Å². The second-order valence-corrected chi connectivity index (χ2v) is 8.96. The van der Waals surface area contributed by atoms with Crippen molar-refractivity contribution in [1.82, 2.24) is 24.7 Å². The molecule has 4 heterocycles. The third-order valence-electron chi connectivity index (χ3n) is 6.47. The standard InChI is InChI=1S/C25H23F2N5O/c1-14-11-28-25-22(30-14)10-21(31-24(25)19-5-2-17(26)9-20(19)27)15-6-7-33-23(8-15)16-12-29-32(13-16)18-3-4-18/h2,5,9-13,15,18,23H,3-4,6-8H2,1H3. The number of benzene rings is 1. The molecule has 6 nitrogen and oxygen atoms in total.